The van der Waals surface area contributed by atoms with E-state index < -0.39 is 6.04 Å². The molecule has 4 rings (SSSR count). The van der Waals surface area contributed by atoms with Crippen LogP contribution < -0.4 is 16.0 Å². The van der Waals surface area contributed by atoms with Gasteiger partial charge in [-0.05, 0) is 36.8 Å². The van der Waals surface area contributed by atoms with Gasteiger partial charge in [0.05, 0.1) is 10.7 Å². The van der Waals surface area contributed by atoms with Crippen LogP contribution in [0.5, 0.6) is 0 Å². The summed E-state index contributed by atoms with van der Waals surface area (Å²) in [6, 6.07) is 21.1. The molecule has 1 atom stereocenters. The van der Waals surface area contributed by atoms with Crippen molar-refractivity contribution in [2.75, 3.05) is 5.32 Å². The zero-order chi connectivity index (χ0) is 18.8. The minimum absolute atomic E-state index is 0.221. The predicted octanol–water partition coefficient (Wildman–Crippen LogP) is 2.77. The van der Waals surface area contributed by atoms with Gasteiger partial charge in [-0.15, -0.1) is 0 Å². The molecule has 0 fully saturated rings. The number of nitrogens with one attached hydrogen (secondary N) is 1. The summed E-state index contributed by atoms with van der Waals surface area (Å²) in [4.78, 5) is 34.0. The number of carbonyl (C=O) groups is 2. The fraction of sp³-hybridized carbons (Fsp3) is 0.0909. The average Bonchev–Trinajstić information content (AvgIpc) is 2.68. The van der Waals surface area contributed by atoms with Gasteiger partial charge in [0.1, 0.15) is 0 Å². The van der Waals surface area contributed by atoms with Gasteiger partial charge in [-0.1, -0.05) is 48.5 Å². The number of aryl methyl sites for hydroxylation is 1. The van der Waals surface area contributed by atoms with Gasteiger partial charge in [-0.3, -0.25) is 14.6 Å². The van der Waals surface area contributed by atoms with E-state index in [1.165, 1.54) is 0 Å². The molecule has 1 N–H and O–H groups in total. The number of para-hydroxylation sites is 3. The second-order valence-corrected chi connectivity index (χ2v) is 6.33. The lowest BCUT2D eigenvalue weighted by molar-refractivity contribution is -0.119. The van der Waals surface area contributed by atoms with E-state index in [-0.39, 0.29) is 11.8 Å². The van der Waals surface area contributed by atoms with E-state index in [9.17, 15) is 9.59 Å². The molecule has 27 heavy (non-hydrogen) atoms. The van der Waals surface area contributed by atoms with Crippen LogP contribution in [0, 0.1) is 6.92 Å². The monoisotopic (exact) mass is 355 g/mol. The van der Waals surface area contributed by atoms with Crippen molar-refractivity contribution in [3.8, 4) is 0 Å². The van der Waals surface area contributed by atoms with Crippen molar-refractivity contribution in [2.45, 2.75) is 13.0 Å². The van der Waals surface area contributed by atoms with Crippen molar-refractivity contribution < 1.29 is 9.59 Å². The van der Waals surface area contributed by atoms with Crippen molar-refractivity contribution >= 4 is 17.5 Å². The van der Waals surface area contributed by atoms with Gasteiger partial charge in [0.2, 0.25) is 0 Å². The highest BCUT2D eigenvalue weighted by Gasteiger charge is 2.25. The minimum Gasteiger partial charge on any atom is -0.322 e. The van der Waals surface area contributed by atoms with Crippen LogP contribution >= 0.6 is 0 Å². The molecule has 0 bridgehead atoms. The lowest BCUT2D eigenvalue weighted by Crippen LogP contribution is -2.33. The normalized spacial score (nSPS) is 15.3. The molecule has 2 amide bonds. The van der Waals surface area contributed by atoms with Gasteiger partial charge in [-0.25, -0.2) is 4.99 Å². The first-order valence-electron chi connectivity index (χ1n) is 8.65. The largest absolute Gasteiger partial charge is 0.322 e. The number of fused-ring (bicyclic) bond motifs is 1. The standard InChI is InChI=1S/C22H17N3O2/c1-14-8-2-3-9-15(14)21(26)24-17-11-5-4-10-16(17)20-22(27)25-19-13-7-6-12-18(19)23-20/h2-13,20H,1H3,(H,24,26). The zero-order valence-corrected chi connectivity index (χ0v) is 14.7. The van der Waals surface area contributed by atoms with Crippen molar-refractivity contribution in [1.29, 1.82) is 0 Å². The van der Waals surface area contributed by atoms with Crippen LogP contribution in [0.1, 0.15) is 27.5 Å². The van der Waals surface area contributed by atoms with E-state index in [4.69, 9.17) is 0 Å². The van der Waals surface area contributed by atoms with Crippen LogP contribution in [-0.4, -0.2) is 11.8 Å². The van der Waals surface area contributed by atoms with Crippen molar-refractivity contribution in [1.82, 2.24) is 0 Å². The molecule has 1 aliphatic rings. The van der Waals surface area contributed by atoms with Gasteiger partial charge < -0.3 is 5.32 Å². The molecule has 3 aromatic rings. The molecule has 0 saturated heterocycles. The van der Waals surface area contributed by atoms with E-state index in [1.54, 1.807) is 24.3 Å². The quantitative estimate of drug-likeness (QED) is 0.785. The summed E-state index contributed by atoms with van der Waals surface area (Å²) in [5, 5.41) is 4.15. The maximum Gasteiger partial charge on any atom is 0.275 e. The molecule has 0 radical (unpaired) electrons. The van der Waals surface area contributed by atoms with Crippen molar-refractivity contribution in [3.05, 3.63) is 100 Å². The molecule has 1 heterocycles. The Kier molecular flexibility index (Phi) is 4.34. The Morgan fingerprint density at radius 3 is 2.37 bits per heavy atom. The molecule has 0 aromatic heterocycles. The van der Waals surface area contributed by atoms with Gasteiger partial charge in [0.25, 0.3) is 11.8 Å². The van der Waals surface area contributed by atoms with Gasteiger partial charge in [0.15, 0.2) is 6.04 Å². The number of hydrogen-bond donors (Lipinski definition) is 1. The number of amides is 2. The Morgan fingerprint density at radius 2 is 1.56 bits per heavy atom. The van der Waals surface area contributed by atoms with Crippen LogP contribution in [0.2, 0.25) is 0 Å². The van der Waals surface area contributed by atoms with E-state index in [1.807, 2.05) is 55.5 Å². The molecule has 5 heteroatoms. The third kappa shape index (κ3) is 3.27. The third-order valence-corrected chi connectivity index (χ3v) is 4.51. The number of rotatable bonds is 3. The Balaban J connectivity index is 1.72. The first-order chi connectivity index (χ1) is 13.1. The average molecular weight is 355 g/mol. The van der Waals surface area contributed by atoms with Crippen LogP contribution in [0.25, 0.3) is 0 Å². The predicted molar refractivity (Wildman–Crippen MR) is 102 cm³/mol. The summed E-state index contributed by atoms with van der Waals surface area (Å²) in [7, 11) is 0. The second kappa shape index (κ2) is 6.96. The molecular formula is C22H17N3O2. The van der Waals surface area contributed by atoms with E-state index in [0.29, 0.717) is 27.5 Å². The second-order valence-electron chi connectivity index (χ2n) is 6.33. The van der Waals surface area contributed by atoms with E-state index in [2.05, 4.69) is 15.3 Å². The third-order valence-electron chi connectivity index (χ3n) is 4.51. The van der Waals surface area contributed by atoms with Crippen LogP contribution in [0.3, 0.4) is 0 Å². The number of anilines is 1. The van der Waals surface area contributed by atoms with E-state index in [0.717, 1.165) is 5.56 Å². The molecule has 1 unspecified atom stereocenters. The molecule has 5 nitrogen and oxygen atoms in total. The summed E-state index contributed by atoms with van der Waals surface area (Å²) < 4.78 is 0. The van der Waals surface area contributed by atoms with Crippen molar-refractivity contribution in [3.63, 3.8) is 0 Å². The van der Waals surface area contributed by atoms with Crippen LogP contribution in [-0.2, 0) is 4.79 Å². The topological polar surface area (TPSA) is 70.9 Å². The summed E-state index contributed by atoms with van der Waals surface area (Å²) in [5.74, 6) is -0.563. The van der Waals surface area contributed by atoms with Gasteiger partial charge in [-0.2, -0.15) is 0 Å². The summed E-state index contributed by atoms with van der Waals surface area (Å²) in [5.41, 5.74) is 2.66. The highest BCUT2D eigenvalue weighted by atomic mass is 16.2. The fourth-order valence-corrected chi connectivity index (χ4v) is 3.11. The Hall–Kier alpha value is -3.60. The Morgan fingerprint density at radius 1 is 0.889 bits per heavy atom. The summed E-state index contributed by atoms with van der Waals surface area (Å²) in [6.07, 6.45) is 0. The minimum atomic E-state index is -0.770. The molecule has 0 saturated carbocycles. The van der Waals surface area contributed by atoms with Crippen LogP contribution in [0.15, 0.2) is 82.8 Å². The molecule has 3 aromatic carbocycles. The first kappa shape index (κ1) is 16.8. The summed E-state index contributed by atoms with van der Waals surface area (Å²) >= 11 is 0. The lowest BCUT2D eigenvalue weighted by Gasteiger charge is -2.17. The molecule has 132 valence electrons. The maximum absolute atomic E-state index is 12.7. The van der Waals surface area contributed by atoms with Crippen molar-refractivity contribution in [2.24, 2.45) is 9.98 Å². The number of benzene rings is 3. The SMILES string of the molecule is Cc1ccccc1C(=O)Nc1ccccc1C1N=c2ccccc2=NC1=O. The zero-order valence-electron chi connectivity index (χ0n) is 14.7. The molecule has 0 aliphatic carbocycles. The lowest BCUT2D eigenvalue weighted by atomic mass is 10.0. The Labute approximate surface area is 156 Å². The maximum atomic E-state index is 12.7. The highest BCUT2D eigenvalue weighted by Crippen LogP contribution is 2.27. The first-order valence-corrected chi connectivity index (χ1v) is 8.65. The number of nitrogens with zero attached hydrogens (tertiary/aromatic N) is 2. The van der Waals surface area contributed by atoms with Crippen LogP contribution in [0.4, 0.5) is 5.69 Å². The molecular weight excluding hydrogens is 338 g/mol. The summed E-state index contributed by atoms with van der Waals surface area (Å²) in [6.45, 7) is 1.89. The van der Waals surface area contributed by atoms with E-state index >= 15 is 0 Å². The fourth-order valence-electron chi connectivity index (χ4n) is 3.11. The number of carbonyl (C=O) groups excluding carboxylic acids is 2. The highest BCUT2D eigenvalue weighted by molar-refractivity contribution is 6.06. The smallest absolute Gasteiger partial charge is 0.275 e. The molecule has 1 aliphatic heterocycles. The number of hydrogen-bond acceptors (Lipinski definition) is 3. The molecule has 0 spiro atoms. The van der Waals surface area contributed by atoms with Gasteiger partial charge in [0, 0.05) is 16.8 Å². The Bertz CT molecular complexity index is 1170. The van der Waals surface area contributed by atoms with Gasteiger partial charge >= 0.3 is 0 Å².